The molecular formula is C16H18FN. The molecule has 2 N–H and O–H groups in total. The maximum atomic E-state index is 13.0. The average Bonchev–Trinajstić information content (AvgIpc) is 2.28. The highest BCUT2D eigenvalue weighted by Gasteiger charge is 2.18. The molecule has 2 aromatic carbocycles. The molecule has 2 heteroatoms. The molecule has 0 fully saturated rings. The van der Waals surface area contributed by atoms with Crippen LogP contribution in [-0.4, -0.2) is 0 Å². The van der Waals surface area contributed by atoms with Crippen LogP contribution in [0, 0.1) is 5.82 Å². The Bertz CT molecular complexity index is 550. The first-order valence-corrected chi connectivity index (χ1v) is 6.04. The number of hydrogen-bond acceptors (Lipinski definition) is 1. The third-order valence-electron chi connectivity index (χ3n) is 3.01. The number of nitrogen functional groups attached to an aromatic ring is 1. The van der Waals surface area contributed by atoms with E-state index in [-0.39, 0.29) is 11.2 Å². The van der Waals surface area contributed by atoms with Crippen LogP contribution in [0.25, 0.3) is 11.1 Å². The smallest absolute Gasteiger partial charge is 0.123 e. The Labute approximate surface area is 107 Å². The molecule has 0 spiro atoms. The van der Waals surface area contributed by atoms with Gasteiger partial charge < -0.3 is 5.73 Å². The van der Waals surface area contributed by atoms with Crippen molar-refractivity contribution in [2.75, 3.05) is 5.73 Å². The van der Waals surface area contributed by atoms with E-state index >= 15 is 0 Å². The second-order valence-corrected chi connectivity index (χ2v) is 5.56. The van der Waals surface area contributed by atoms with Crippen LogP contribution >= 0.6 is 0 Å². The molecule has 0 aromatic heterocycles. The first-order valence-electron chi connectivity index (χ1n) is 6.04. The molecule has 94 valence electrons. The first-order chi connectivity index (χ1) is 8.38. The van der Waals surface area contributed by atoms with Gasteiger partial charge in [-0.05, 0) is 46.4 Å². The van der Waals surface area contributed by atoms with Gasteiger partial charge in [-0.1, -0.05) is 39.0 Å². The second kappa shape index (κ2) is 4.45. The van der Waals surface area contributed by atoms with Gasteiger partial charge in [-0.15, -0.1) is 0 Å². The second-order valence-electron chi connectivity index (χ2n) is 5.56. The highest BCUT2D eigenvalue weighted by atomic mass is 19.1. The van der Waals surface area contributed by atoms with Gasteiger partial charge in [0.15, 0.2) is 0 Å². The molecule has 2 rings (SSSR count). The average molecular weight is 243 g/mol. The van der Waals surface area contributed by atoms with Crippen LogP contribution in [0.1, 0.15) is 26.3 Å². The van der Waals surface area contributed by atoms with Crippen molar-refractivity contribution in [3.05, 3.63) is 53.8 Å². The summed E-state index contributed by atoms with van der Waals surface area (Å²) >= 11 is 0. The monoisotopic (exact) mass is 243 g/mol. The Hall–Kier alpha value is -1.83. The molecule has 0 unspecified atom stereocenters. The molecule has 0 aliphatic carbocycles. The van der Waals surface area contributed by atoms with Crippen LogP contribution in [-0.2, 0) is 5.41 Å². The largest absolute Gasteiger partial charge is 0.399 e. The summed E-state index contributed by atoms with van der Waals surface area (Å²) < 4.78 is 13.0. The Kier molecular flexibility index (Phi) is 3.12. The summed E-state index contributed by atoms with van der Waals surface area (Å²) in [6.45, 7) is 6.47. The lowest BCUT2D eigenvalue weighted by Crippen LogP contribution is -2.13. The Morgan fingerprint density at radius 2 is 1.56 bits per heavy atom. The van der Waals surface area contributed by atoms with Crippen molar-refractivity contribution >= 4 is 5.69 Å². The normalized spacial score (nSPS) is 11.6. The third-order valence-corrected chi connectivity index (χ3v) is 3.01. The lowest BCUT2D eigenvalue weighted by molar-refractivity contribution is 0.592. The molecule has 0 heterocycles. The molecule has 18 heavy (non-hydrogen) atoms. The van der Waals surface area contributed by atoms with E-state index in [4.69, 9.17) is 5.73 Å². The zero-order valence-corrected chi connectivity index (χ0v) is 11.0. The van der Waals surface area contributed by atoms with Crippen molar-refractivity contribution in [2.24, 2.45) is 0 Å². The van der Waals surface area contributed by atoms with E-state index in [1.165, 1.54) is 17.7 Å². The highest BCUT2D eigenvalue weighted by molar-refractivity contribution is 5.72. The Balaban J connectivity index is 2.62. The SMILES string of the molecule is CC(C)(C)c1ccc(N)cc1-c1ccc(F)cc1. The molecule has 0 amide bonds. The lowest BCUT2D eigenvalue weighted by Gasteiger charge is -2.23. The van der Waals surface area contributed by atoms with Gasteiger partial charge in [-0.2, -0.15) is 0 Å². The molecule has 0 saturated carbocycles. The van der Waals surface area contributed by atoms with E-state index < -0.39 is 0 Å². The molecule has 0 bridgehead atoms. The lowest BCUT2D eigenvalue weighted by atomic mass is 9.81. The zero-order valence-electron chi connectivity index (χ0n) is 11.0. The van der Waals surface area contributed by atoms with Crippen LogP contribution in [0.4, 0.5) is 10.1 Å². The molecule has 0 saturated heterocycles. The molecule has 1 nitrogen and oxygen atoms in total. The quantitative estimate of drug-likeness (QED) is 0.739. The fraction of sp³-hybridized carbons (Fsp3) is 0.250. The summed E-state index contributed by atoms with van der Waals surface area (Å²) in [5.41, 5.74) is 9.89. The number of rotatable bonds is 1. The minimum absolute atomic E-state index is 0.0252. The zero-order chi connectivity index (χ0) is 13.3. The Morgan fingerprint density at radius 1 is 0.944 bits per heavy atom. The topological polar surface area (TPSA) is 26.0 Å². The van der Waals surface area contributed by atoms with Gasteiger partial charge in [0.05, 0.1) is 0 Å². The number of nitrogens with two attached hydrogens (primary N) is 1. The van der Waals surface area contributed by atoms with Crippen molar-refractivity contribution in [3.8, 4) is 11.1 Å². The van der Waals surface area contributed by atoms with E-state index in [1.54, 1.807) is 12.1 Å². The van der Waals surface area contributed by atoms with Gasteiger partial charge in [-0.3, -0.25) is 0 Å². The first kappa shape index (κ1) is 12.6. The summed E-state index contributed by atoms with van der Waals surface area (Å²) in [7, 11) is 0. The van der Waals surface area contributed by atoms with Crippen molar-refractivity contribution in [1.82, 2.24) is 0 Å². The maximum Gasteiger partial charge on any atom is 0.123 e. The van der Waals surface area contributed by atoms with Crippen LogP contribution in [0.2, 0.25) is 0 Å². The van der Waals surface area contributed by atoms with Crippen molar-refractivity contribution in [3.63, 3.8) is 0 Å². The molecule has 0 aliphatic heterocycles. The third kappa shape index (κ3) is 2.53. The van der Waals surface area contributed by atoms with Gasteiger partial charge in [-0.25, -0.2) is 4.39 Å². The fourth-order valence-electron chi connectivity index (χ4n) is 2.08. The van der Waals surface area contributed by atoms with E-state index in [9.17, 15) is 4.39 Å². The summed E-state index contributed by atoms with van der Waals surface area (Å²) in [6.07, 6.45) is 0. The predicted octanol–water partition coefficient (Wildman–Crippen LogP) is 4.37. The van der Waals surface area contributed by atoms with Crippen LogP contribution in [0.3, 0.4) is 0 Å². The van der Waals surface area contributed by atoms with Crippen LogP contribution in [0.15, 0.2) is 42.5 Å². The molecule has 0 radical (unpaired) electrons. The standard InChI is InChI=1S/C16H18FN/c1-16(2,3)15-9-8-13(18)10-14(15)11-4-6-12(17)7-5-11/h4-10H,18H2,1-3H3. The van der Waals surface area contributed by atoms with Crippen LogP contribution < -0.4 is 5.73 Å². The van der Waals surface area contributed by atoms with Gasteiger partial charge in [0, 0.05) is 5.69 Å². The summed E-state index contributed by atoms with van der Waals surface area (Å²) in [4.78, 5) is 0. The molecule has 0 aliphatic rings. The van der Waals surface area contributed by atoms with E-state index in [2.05, 4.69) is 20.8 Å². The minimum atomic E-state index is -0.222. The predicted molar refractivity (Wildman–Crippen MR) is 74.9 cm³/mol. The van der Waals surface area contributed by atoms with E-state index in [0.29, 0.717) is 0 Å². The van der Waals surface area contributed by atoms with Crippen molar-refractivity contribution < 1.29 is 4.39 Å². The summed E-state index contributed by atoms with van der Waals surface area (Å²) in [5, 5.41) is 0. The van der Waals surface area contributed by atoms with Crippen LogP contribution in [0.5, 0.6) is 0 Å². The number of benzene rings is 2. The van der Waals surface area contributed by atoms with Gasteiger partial charge in [0.1, 0.15) is 5.82 Å². The Morgan fingerprint density at radius 3 is 2.11 bits per heavy atom. The molecule has 2 aromatic rings. The van der Waals surface area contributed by atoms with Crippen molar-refractivity contribution in [2.45, 2.75) is 26.2 Å². The summed E-state index contributed by atoms with van der Waals surface area (Å²) in [6, 6.07) is 12.4. The molecular weight excluding hydrogens is 225 g/mol. The summed E-state index contributed by atoms with van der Waals surface area (Å²) in [5.74, 6) is -0.222. The van der Waals surface area contributed by atoms with E-state index in [1.807, 2.05) is 18.2 Å². The fourth-order valence-corrected chi connectivity index (χ4v) is 2.08. The number of anilines is 1. The number of hydrogen-bond donors (Lipinski definition) is 1. The van der Waals surface area contributed by atoms with Gasteiger partial charge >= 0.3 is 0 Å². The van der Waals surface area contributed by atoms with Gasteiger partial charge in [0.2, 0.25) is 0 Å². The van der Waals surface area contributed by atoms with Crippen molar-refractivity contribution in [1.29, 1.82) is 0 Å². The van der Waals surface area contributed by atoms with E-state index in [0.717, 1.165) is 16.8 Å². The van der Waals surface area contributed by atoms with Gasteiger partial charge in [0.25, 0.3) is 0 Å². The number of halogens is 1. The maximum absolute atomic E-state index is 13.0. The minimum Gasteiger partial charge on any atom is -0.399 e. The highest BCUT2D eigenvalue weighted by Crippen LogP contribution is 2.34. The molecule has 0 atom stereocenters.